The quantitative estimate of drug-likeness (QED) is 0.427. The molecule has 0 aromatic rings. The van der Waals surface area contributed by atoms with Crippen molar-refractivity contribution < 1.29 is 24.9 Å². The number of carbonyl (C=O) groups is 1. The van der Waals surface area contributed by atoms with E-state index in [9.17, 15) is 4.79 Å². The van der Waals surface area contributed by atoms with Crippen molar-refractivity contribution in [1.82, 2.24) is 4.90 Å². The van der Waals surface area contributed by atoms with Crippen molar-refractivity contribution >= 4 is 5.91 Å². The summed E-state index contributed by atoms with van der Waals surface area (Å²) in [5, 5.41) is 26.0. The number of hydrogen-bond acceptors (Lipinski definition) is 5. The Bertz CT molecular complexity index is 162. The number of carbonyl (C=O) groups excluding carboxylic acids is 1. The van der Waals surface area contributed by atoms with E-state index < -0.39 is 18.8 Å². The zero-order valence-corrected chi connectivity index (χ0v) is 8.22. The van der Waals surface area contributed by atoms with Gasteiger partial charge in [0.1, 0.15) is 6.61 Å². The number of amides is 1. The summed E-state index contributed by atoms with van der Waals surface area (Å²) in [6.07, 6.45) is -0.879. The summed E-state index contributed by atoms with van der Waals surface area (Å²) in [5.74, 6) is -0.465. The van der Waals surface area contributed by atoms with Gasteiger partial charge in [-0.3, -0.25) is 4.79 Å². The first kappa shape index (κ1) is 13.3. The summed E-state index contributed by atoms with van der Waals surface area (Å²) in [7, 11) is 0. The molecule has 3 N–H and O–H groups in total. The van der Waals surface area contributed by atoms with Crippen LogP contribution in [-0.4, -0.2) is 65.3 Å². The number of nitrogens with zero attached hydrogens (tertiary/aromatic N) is 1. The molecule has 0 aliphatic carbocycles. The molecule has 14 heavy (non-hydrogen) atoms. The minimum atomic E-state index is -0.879. The molecule has 0 spiro atoms. The second kappa shape index (κ2) is 7.69. The molecule has 6 nitrogen and oxygen atoms in total. The van der Waals surface area contributed by atoms with Gasteiger partial charge in [0.25, 0.3) is 0 Å². The SMILES string of the molecule is CC(O)OCCN(CCO)C(=O)CO. The summed E-state index contributed by atoms with van der Waals surface area (Å²) in [5.41, 5.74) is 0. The molecule has 0 radical (unpaired) electrons. The Hall–Kier alpha value is -0.690. The lowest BCUT2D eigenvalue weighted by molar-refractivity contribution is -0.138. The van der Waals surface area contributed by atoms with Crippen molar-refractivity contribution in [1.29, 1.82) is 0 Å². The third kappa shape index (κ3) is 5.87. The van der Waals surface area contributed by atoms with Gasteiger partial charge in [0.2, 0.25) is 5.91 Å². The topological polar surface area (TPSA) is 90.2 Å². The Balaban J connectivity index is 3.78. The molecule has 0 saturated carbocycles. The first-order chi connectivity index (χ1) is 6.61. The fraction of sp³-hybridized carbons (Fsp3) is 0.875. The van der Waals surface area contributed by atoms with Crippen molar-refractivity contribution in [2.45, 2.75) is 13.2 Å². The molecule has 84 valence electrons. The summed E-state index contributed by atoms with van der Waals surface area (Å²) in [6.45, 7) is 1.27. The summed E-state index contributed by atoms with van der Waals surface area (Å²) in [4.78, 5) is 12.3. The smallest absolute Gasteiger partial charge is 0.248 e. The number of rotatable bonds is 7. The number of hydrogen-bond donors (Lipinski definition) is 3. The minimum absolute atomic E-state index is 0.155. The summed E-state index contributed by atoms with van der Waals surface area (Å²) < 4.78 is 4.81. The van der Waals surface area contributed by atoms with E-state index in [4.69, 9.17) is 20.1 Å². The van der Waals surface area contributed by atoms with Crippen molar-refractivity contribution in [2.24, 2.45) is 0 Å². The first-order valence-electron chi connectivity index (χ1n) is 4.41. The lowest BCUT2D eigenvalue weighted by atomic mass is 10.4. The highest BCUT2D eigenvalue weighted by Gasteiger charge is 2.11. The van der Waals surface area contributed by atoms with E-state index in [0.29, 0.717) is 0 Å². The van der Waals surface area contributed by atoms with Gasteiger partial charge >= 0.3 is 0 Å². The Morgan fingerprint density at radius 1 is 1.43 bits per heavy atom. The van der Waals surface area contributed by atoms with Crippen LogP contribution in [-0.2, 0) is 9.53 Å². The zero-order chi connectivity index (χ0) is 11.0. The van der Waals surface area contributed by atoms with Crippen molar-refractivity contribution in [3.63, 3.8) is 0 Å². The second-order valence-electron chi connectivity index (χ2n) is 2.73. The Labute approximate surface area is 82.7 Å². The van der Waals surface area contributed by atoms with E-state index >= 15 is 0 Å². The molecule has 0 saturated heterocycles. The molecule has 1 unspecified atom stereocenters. The third-order valence-corrected chi connectivity index (χ3v) is 1.58. The van der Waals surface area contributed by atoms with Gasteiger partial charge < -0.3 is 25.0 Å². The maximum atomic E-state index is 11.0. The lowest BCUT2D eigenvalue weighted by Crippen LogP contribution is -2.38. The third-order valence-electron chi connectivity index (χ3n) is 1.58. The van der Waals surface area contributed by atoms with Crippen LogP contribution in [0.2, 0.25) is 0 Å². The van der Waals surface area contributed by atoms with Gasteiger partial charge in [-0.05, 0) is 6.92 Å². The second-order valence-corrected chi connectivity index (χ2v) is 2.73. The molecule has 0 rings (SSSR count). The zero-order valence-electron chi connectivity index (χ0n) is 8.22. The Morgan fingerprint density at radius 2 is 2.07 bits per heavy atom. The van der Waals surface area contributed by atoms with E-state index in [0.717, 1.165) is 0 Å². The molecule has 6 heteroatoms. The largest absolute Gasteiger partial charge is 0.395 e. The highest BCUT2D eigenvalue weighted by molar-refractivity contribution is 5.77. The standard InChI is InChI=1S/C8H17NO5/c1-7(12)14-5-3-9(2-4-10)8(13)6-11/h7,10-12H,2-6H2,1H3. The van der Waals surface area contributed by atoms with E-state index in [1.165, 1.54) is 11.8 Å². The van der Waals surface area contributed by atoms with Gasteiger partial charge in [-0.15, -0.1) is 0 Å². The fourth-order valence-electron chi connectivity index (χ4n) is 0.915. The van der Waals surface area contributed by atoms with Crippen LogP contribution in [0.25, 0.3) is 0 Å². The van der Waals surface area contributed by atoms with Crippen molar-refractivity contribution in [2.75, 3.05) is 32.9 Å². The summed E-state index contributed by atoms with van der Waals surface area (Å²) in [6, 6.07) is 0. The van der Waals surface area contributed by atoms with E-state index in [2.05, 4.69) is 0 Å². The van der Waals surface area contributed by atoms with Crippen molar-refractivity contribution in [3.05, 3.63) is 0 Å². The van der Waals surface area contributed by atoms with Crippen LogP contribution >= 0.6 is 0 Å². The van der Waals surface area contributed by atoms with Crippen LogP contribution in [0.3, 0.4) is 0 Å². The van der Waals surface area contributed by atoms with Gasteiger partial charge in [-0.25, -0.2) is 0 Å². The molecule has 0 aliphatic rings. The van der Waals surface area contributed by atoms with Gasteiger partial charge in [0, 0.05) is 13.1 Å². The van der Waals surface area contributed by atoms with E-state index in [-0.39, 0.29) is 26.3 Å². The number of ether oxygens (including phenoxy) is 1. The normalized spacial score (nSPS) is 12.6. The van der Waals surface area contributed by atoms with Gasteiger partial charge in [0.05, 0.1) is 13.2 Å². The average Bonchev–Trinajstić information content (AvgIpc) is 2.15. The van der Waals surface area contributed by atoms with Crippen LogP contribution < -0.4 is 0 Å². The van der Waals surface area contributed by atoms with E-state index in [1.54, 1.807) is 0 Å². The maximum Gasteiger partial charge on any atom is 0.248 e. The molecular formula is C8H17NO5. The Kier molecular flexibility index (Phi) is 7.31. The number of aliphatic hydroxyl groups is 3. The van der Waals surface area contributed by atoms with Crippen LogP contribution in [0, 0.1) is 0 Å². The molecule has 0 aliphatic heterocycles. The minimum Gasteiger partial charge on any atom is -0.395 e. The predicted molar refractivity (Wildman–Crippen MR) is 48.4 cm³/mol. The van der Waals surface area contributed by atoms with Gasteiger partial charge in [0.15, 0.2) is 6.29 Å². The predicted octanol–water partition coefficient (Wildman–Crippen LogP) is -1.85. The highest BCUT2D eigenvalue weighted by atomic mass is 16.6. The molecule has 1 atom stereocenters. The Morgan fingerprint density at radius 3 is 2.50 bits per heavy atom. The molecule has 0 bridgehead atoms. The number of aliphatic hydroxyl groups excluding tert-OH is 3. The van der Waals surface area contributed by atoms with Crippen LogP contribution in [0.4, 0.5) is 0 Å². The lowest BCUT2D eigenvalue weighted by Gasteiger charge is -2.20. The van der Waals surface area contributed by atoms with Crippen LogP contribution in [0.15, 0.2) is 0 Å². The molecule has 0 heterocycles. The van der Waals surface area contributed by atoms with E-state index in [1.807, 2.05) is 0 Å². The van der Waals surface area contributed by atoms with Gasteiger partial charge in [-0.2, -0.15) is 0 Å². The summed E-state index contributed by atoms with van der Waals surface area (Å²) >= 11 is 0. The van der Waals surface area contributed by atoms with Crippen LogP contribution in [0.5, 0.6) is 0 Å². The van der Waals surface area contributed by atoms with Gasteiger partial charge in [-0.1, -0.05) is 0 Å². The molecule has 0 aromatic heterocycles. The molecule has 1 amide bonds. The molecule has 0 aromatic carbocycles. The maximum absolute atomic E-state index is 11.0. The molecular weight excluding hydrogens is 190 g/mol. The highest BCUT2D eigenvalue weighted by Crippen LogP contribution is 1.91. The average molecular weight is 207 g/mol. The first-order valence-corrected chi connectivity index (χ1v) is 4.41. The fourth-order valence-corrected chi connectivity index (χ4v) is 0.915. The monoisotopic (exact) mass is 207 g/mol. The van der Waals surface area contributed by atoms with Crippen molar-refractivity contribution in [3.8, 4) is 0 Å². The molecule has 0 fully saturated rings. The van der Waals surface area contributed by atoms with Crippen LogP contribution in [0.1, 0.15) is 6.92 Å².